The number of nitrogens with two attached hydrogens (primary N) is 1. The van der Waals surface area contributed by atoms with Gasteiger partial charge in [-0.2, -0.15) is 5.10 Å². The van der Waals surface area contributed by atoms with Gasteiger partial charge < -0.3 is 5.73 Å². The Bertz CT molecular complexity index is 505. The van der Waals surface area contributed by atoms with E-state index >= 15 is 0 Å². The van der Waals surface area contributed by atoms with Gasteiger partial charge in [0.1, 0.15) is 11.5 Å². The first kappa shape index (κ1) is 11.8. The van der Waals surface area contributed by atoms with Gasteiger partial charge in [0.25, 0.3) is 0 Å². The molecule has 17 heavy (non-hydrogen) atoms. The molecule has 0 aliphatic carbocycles. The number of hydrogen-bond acceptors (Lipinski definition) is 2. The van der Waals surface area contributed by atoms with Crippen LogP contribution in [0.25, 0.3) is 5.69 Å². The van der Waals surface area contributed by atoms with Crippen molar-refractivity contribution in [3.8, 4) is 5.69 Å². The maximum absolute atomic E-state index is 13.7. The van der Waals surface area contributed by atoms with Crippen molar-refractivity contribution in [2.75, 3.05) is 0 Å². The predicted octanol–water partition coefficient (Wildman–Crippen LogP) is 2.42. The summed E-state index contributed by atoms with van der Waals surface area (Å²) in [5.74, 6) is -0.267. The molecule has 2 rings (SSSR count). The van der Waals surface area contributed by atoms with Gasteiger partial charge in [-0.05, 0) is 18.6 Å². The molecule has 2 N–H and O–H groups in total. The summed E-state index contributed by atoms with van der Waals surface area (Å²) < 4.78 is 15.4. The van der Waals surface area contributed by atoms with Crippen LogP contribution in [-0.2, 0) is 13.0 Å². The van der Waals surface area contributed by atoms with E-state index in [1.54, 1.807) is 29.1 Å². The third kappa shape index (κ3) is 2.22. The molecule has 0 amide bonds. The van der Waals surface area contributed by atoms with Crippen molar-refractivity contribution < 1.29 is 4.39 Å². The van der Waals surface area contributed by atoms with Crippen LogP contribution in [0.15, 0.2) is 30.5 Å². The summed E-state index contributed by atoms with van der Waals surface area (Å²) in [5, 5.41) is 4.23. The van der Waals surface area contributed by atoms with E-state index in [9.17, 15) is 4.39 Å². The van der Waals surface area contributed by atoms with Crippen LogP contribution >= 0.6 is 0 Å². The largest absolute Gasteiger partial charge is 0.326 e. The molecule has 0 aliphatic heterocycles. The molecule has 0 saturated heterocycles. The third-order valence-corrected chi connectivity index (χ3v) is 2.74. The van der Waals surface area contributed by atoms with E-state index < -0.39 is 0 Å². The van der Waals surface area contributed by atoms with Crippen molar-refractivity contribution in [2.24, 2.45) is 5.73 Å². The molecule has 0 unspecified atom stereocenters. The summed E-state index contributed by atoms with van der Waals surface area (Å²) >= 11 is 0. The van der Waals surface area contributed by atoms with Crippen molar-refractivity contribution in [3.05, 3.63) is 47.5 Å². The van der Waals surface area contributed by atoms with Crippen LogP contribution in [0.1, 0.15) is 24.6 Å². The number of hydrogen-bond donors (Lipinski definition) is 1. The Labute approximate surface area is 100 Å². The first-order valence-electron chi connectivity index (χ1n) is 5.78. The normalized spacial score (nSPS) is 10.8. The molecular weight excluding hydrogens is 217 g/mol. The molecule has 0 radical (unpaired) electrons. The van der Waals surface area contributed by atoms with Gasteiger partial charge in [0.2, 0.25) is 0 Å². The highest BCUT2D eigenvalue weighted by Gasteiger charge is 2.12. The fourth-order valence-corrected chi connectivity index (χ4v) is 1.91. The lowest BCUT2D eigenvalue weighted by Gasteiger charge is -2.09. The van der Waals surface area contributed by atoms with Gasteiger partial charge in [0.05, 0.1) is 6.20 Å². The van der Waals surface area contributed by atoms with E-state index in [2.05, 4.69) is 12.0 Å². The van der Waals surface area contributed by atoms with E-state index in [1.807, 2.05) is 0 Å². The minimum atomic E-state index is -0.267. The van der Waals surface area contributed by atoms with Gasteiger partial charge in [-0.1, -0.05) is 25.5 Å². The maximum Gasteiger partial charge on any atom is 0.148 e. The zero-order chi connectivity index (χ0) is 12.3. The van der Waals surface area contributed by atoms with Crippen molar-refractivity contribution in [1.82, 2.24) is 9.78 Å². The zero-order valence-corrected chi connectivity index (χ0v) is 9.86. The number of benzene rings is 1. The topological polar surface area (TPSA) is 43.8 Å². The first-order valence-corrected chi connectivity index (χ1v) is 5.78. The molecule has 0 fully saturated rings. The van der Waals surface area contributed by atoms with Gasteiger partial charge in [0.15, 0.2) is 0 Å². The summed E-state index contributed by atoms with van der Waals surface area (Å²) in [7, 11) is 0. The van der Waals surface area contributed by atoms with E-state index in [0.717, 1.165) is 24.1 Å². The highest BCUT2D eigenvalue weighted by atomic mass is 19.1. The van der Waals surface area contributed by atoms with Crippen molar-refractivity contribution in [1.29, 1.82) is 0 Å². The second kappa shape index (κ2) is 5.10. The number of para-hydroxylation sites is 1. The average Bonchev–Trinajstić information content (AvgIpc) is 2.73. The minimum absolute atomic E-state index is 0.267. The van der Waals surface area contributed by atoms with Crippen LogP contribution in [0.5, 0.6) is 0 Å². The average molecular weight is 233 g/mol. The van der Waals surface area contributed by atoms with E-state index in [0.29, 0.717) is 12.2 Å². The number of halogens is 1. The maximum atomic E-state index is 13.7. The monoisotopic (exact) mass is 233 g/mol. The molecule has 90 valence electrons. The highest BCUT2D eigenvalue weighted by Crippen LogP contribution is 2.18. The number of aromatic nitrogens is 2. The molecule has 0 saturated carbocycles. The van der Waals surface area contributed by atoms with E-state index in [4.69, 9.17) is 5.73 Å². The lowest BCUT2D eigenvalue weighted by Crippen LogP contribution is -2.07. The Morgan fingerprint density at radius 1 is 1.35 bits per heavy atom. The second-order valence-corrected chi connectivity index (χ2v) is 3.93. The first-order chi connectivity index (χ1) is 8.27. The van der Waals surface area contributed by atoms with Crippen molar-refractivity contribution in [2.45, 2.75) is 26.3 Å². The summed E-state index contributed by atoms with van der Waals surface area (Å²) in [6, 6.07) is 6.64. The quantitative estimate of drug-likeness (QED) is 0.881. The molecular formula is C13H16FN3. The van der Waals surface area contributed by atoms with Gasteiger partial charge in [-0.3, -0.25) is 0 Å². The minimum Gasteiger partial charge on any atom is -0.326 e. The van der Waals surface area contributed by atoms with Crippen molar-refractivity contribution in [3.63, 3.8) is 0 Å². The van der Waals surface area contributed by atoms with Gasteiger partial charge in [-0.25, -0.2) is 9.07 Å². The molecule has 1 aromatic carbocycles. The molecule has 2 aromatic rings. The Kier molecular flexibility index (Phi) is 3.54. The van der Waals surface area contributed by atoms with Crippen LogP contribution in [0, 0.1) is 5.82 Å². The molecule has 1 aromatic heterocycles. The predicted molar refractivity (Wildman–Crippen MR) is 65.4 cm³/mol. The van der Waals surface area contributed by atoms with Gasteiger partial charge in [-0.15, -0.1) is 0 Å². The molecule has 0 atom stereocenters. The fourth-order valence-electron chi connectivity index (χ4n) is 1.91. The van der Waals surface area contributed by atoms with E-state index in [-0.39, 0.29) is 5.82 Å². The van der Waals surface area contributed by atoms with Crippen LogP contribution in [0.2, 0.25) is 0 Å². The van der Waals surface area contributed by atoms with Crippen molar-refractivity contribution >= 4 is 0 Å². The molecule has 0 bridgehead atoms. The van der Waals surface area contributed by atoms with E-state index in [1.165, 1.54) is 6.07 Å². The lowest BCUT2D eigenvalue weighted by atomic mass is 10.1. The van der Waals surface area contributed by atoms with Crippen LogP contribution in [0.4, 0.5) is 4.39 Å². The Hall–Kier alpha value is -1.68. The highest BCUT2D eigenvalue weighted by molar-refractivity contribution is 5.36. The Balaban J connectivity index is 2.52. The zero-order valence-electron chi connectivity index (χ0n) is 9.86. The smallest absolute Gasteiger partial charge is 0.148 e. The summed E-state index contributed by atoms with van der Waals surface area (Å²) in [4.78, 5) is 0. The Morgan fingerprint density at radius 2 is 2.12 bits per heavy atom. The summed E-state index contributed by atoms with van der Waals surface area (Å²) in [6.07, 6.45) is 3.55. The third-order valence-electron chi connectivity index (χ3n) is 2.74. The molecule has 0 aliphatic rings. The van der Waals surface area contributed by atoms with Gasteiger partial charge in [0, 0.05) is 17.8 Å². The second-order valence-electron chi connectivity index (χ2n) is 3.93. The van der Waals surface area contributed by atoms with Gasteiger partial charge >= 0.3 is 0 Å². The standard InChI is InChI=1S/C13H16FN3/c1-2-5-12-10(8-15)9-16-17(12)13-7-4-3-6-11(13)14/h3-4,6-7,9H,2,5,8,15H2,1H3. The molecule has 4 heteroatoms. The SMILES string of the molecule is CCCc1c(CN)cnn1-c1ccccc1F. The molecule has 1 heterocycles. The fraction of sp³-hybridized carbons (Fsp3) is 0.308. The number of rotatable bonds is 4. The van der Waals surface area contributed by atoms with Crippen LogP contribution in [0.3, 0.4) is 0 Å². The Morgan fingerprint density at radius 3 is 2.76 bits per heavy atom. The molecule has 0 spiro atoms. The number of nitrogens with zero attached hydrogens (tertiary/aromatic N) is 2. The summed E-state index contributed by atoms with van der Waals surface area (Å²) in [6.45, 7) is 2.52. The summed E-state index contributed by atoms with van der Waals surface area (Å²) in [5.41, 5.74) is 8.13. The van der Waals surface area contributed by atoms with Crippen LogP contribution < -0.4 is 5.73 Å². The lowest BCUT2D eigenvalue weighted by molar-refractivity contribution is 0.605. The van der Waals surface area contributed by atoms with Crippen LogP contribution in [-0.4, -0.2) is 9.78 Å². The molecule has 3 nitrogen and oxygen atoms in total.